The molecule has 25 heavy (non-hydrogen) atoms. The maximum Gasteiger partial charge on any atom is 0.336 e. The quantitative estimate of drug-likeness (QED) is 0.164. The maximum absolute atomic E-state index is 10.3. The molecule has 13 heteroatoms. The smallest absolute Gasteiger partial charge is 0.336 e. The molecule has 0 saturated heterocycles. The summed E-state index contributed by atoms with van der Waals surface area (Å²) < 4.78 is 0. The van der Waals surface area contributed by atoms with Crippen LogP contribution in [0.1, 0.15) is 12.8 Å². The minimum absolute atomic E-state index is 0.0258. The summed E-state index contributed by atoms with van der Waals surface area (Å²) in [5.41, 5.74) is -2.74. The molecular weight excluding hydrogens is 352 g/mol. The third-order valence-corrected chi connectivity index (χ3v) is 2.71. The fourth-order valence-corrected chi connectivity index (χ4v) is 1.33. The summed E-state index contributed by atoms with van der Waals surface area (Å²) in [5, 5.41) is 77.3. The van der Waals surface area contributed by atoms with Crippen LogP contribution in [0.15, 0.2) is 0 Å². The Kier molecular flexibility index (Phi) is 11.4. The molecule has 0 rings (SSSR count). The zero-order valence-corrected chi connectivity index (χ0v) is 12.7. The van der Waals surface area contributed by atoms with Crippen LogP contribution in [0.2, 0.25) is 0 Å². The molecule has 0 heterocycles. The first kappa shape index (κ1) is 25.1. The number of aliphatic hydroxyl groups excluding tert-OH is 5. The van der Waals surface area contributed by atoms with Gasteiger partial charge in [-0.2, -0.15) is 0 Å². The molecule has 146 valence electrons. The van der Waals surface area contributed by atoms with E-state index in [1.54, 1.807) is 0 Å². The van der Waals surface area contributed by atoms with E-state index >= 15 is 0 Å². The average Bonchev–Trinajstić information content (AvgIpc) is 2.50. The summed E-state index contributed by atoms with van der Waals surface area (Å²) >= 11 is 0. The number of aliphatic hydroxyl groups is 6. The zero-order chi connectivity index (χ0) is 20.4. The molecule has 0 fully saturated rings. The molecule has 0 amide bonds. The number of carboxylic acids is 3. The Morgan fingerprint density at radius 3 is 1.52 bits per heavy atom. The molecule has 0 aliphatic rings. The van der Waals surface area contributed by atoms with Crippen molar-refractivity contribution in [2.75, 3.05) is 6.61 Å². The predicted octanol–water partition coefficient (Wildman–Crippen LogP) is -4.63. The number of hydrogen-bond acceptors (Lipinski definition) is 10. The molecule has 0 aromatic rings. The van der Waals surface area contributed by atoms with E-state index in [1.807, 2.05) is 0 Å². The summed E-state index contributed by atoms with van der Waals surface area (Å²) in [5.74, 6) is -5.02. The lowest BCUT2D eigenvalue weighted by Gasteiger charge is -2.22. The van der Waals surface area contributed by atoms with Gasteiger partial charge in [0.05, 0.1) is 19.4 Å². The first-order valence-electron chi connectivity index (χ1n) is 6.50. The molecule has 13 nitrogen and oxygen atoms in total. The number of rotatable bonds is 10. The number of carbonyl (C=O) groups is 4. The number of aliphatic carboxylic acids is 3. The number of carbonyl (C=O) groups excluding carboxylic acids is 1. The Balaban J connectivity index is 0. The Bertz CT molecular complexity index is 446. The Hall–Kier alpha value is -2.16. The molecular formula is C12H20O13. The third kappa shape index (κ3) is 9.65. The molecule has 9 N–H and O–H groups in total. The van der Waals surface area contributed by atoms with Crippen LogP contribution in [-0.2, 0) is 19.2 Å². The lowest BCUT2D eigenvalue weighted by molar-refractivity contribution is -0.170. The average molecular weight is 372 g/mol. The van der Waals surface area contributed by atoms with E-state index in [2.05, 4.69) is 0 Å². The van der Waals surface area contributed by atoms with Gasteiger partial charge < -0.3 is 50.8 Å². The highest BCUT2D eigenvalue weighted by atomic mass is 16.4. The summed E-state index contributed by atoms with van der Waals surface area (Å²) in [4.78, 5) is 40.4. The fraction of sp³-hybridized carbons (Fsp3) is 0.667. The Labute approximate surface area is 140 Å². The molecule has 0 spiro atoms. The lowest BCUT2D eigenvalue weighted by atomic mass is 9.96. The van der Waals surface area contributed by atoms with Gasteiger partial charge in [0, 0.05) is 0 Å². The largest absolute Gasteiger partial charge is 0.481 e. The van der Waals surface area contributed by atoms with Crippen molar-refractivity contribution in [1.82, 2.24) is 0 Å². The Morgan fingerprint density at radius 2 is 1.28 bits per heavy atom. The number of aldehydes is 1. The van der Waals surface area contributed by atoms with Crippen LogP contribution in [0.4, 0.5) is 0 Å². The van der Waals surface area contributed by atoms with E-state index in [-0.39, 0.29) is 6.29 Å². The van der Waals surface area contributed by atoms with E-state index < -0.39 is 67.4 Å². The van der Waals surface area contributed by atoms with Gasteiger partial charge in [0.15, 0.2) is 11.9 Å². The van der Waals surface area contributed by atoms with Crippen LogP contribution in [0.3, 0.4) is 0 Å². The van der Waals surface area contributed by atoms with Gasteiger partial charge in [-0.05, 0) is 0 Å². The minimum atomic E-state index is -2.74. The SMILES string of the molecule is O=C(O)CC(O)(CC(=O)O)C(=O)O.O=C[C@@H](O)[C@@H](O)[C@H](O)[C@H](O)CO. The monoisotopic (exact) mass is 372 g/mol. The van der Waals surface area contributed by atoms with Crippen molar-refractivity contribution >= 4 is 24.2 Å². The number of carboxylic acid groups (broad SMARTS) is 3. The molecule has 0 aromatic carbocycles. The van der Waals surface area contributed by atoms with E-state index in [0.717, 1.165) is 0 Å². The van der Waals surface area contributed by atoms with Crippen LogP contribution in [-0.4, -0.2) is 107 Å². The molecule has 0 bridgehead atoms. The fourth-order valence-electron chi connectivity index (χ4n) is 1.33. The zero-order valence-electron chi connectivity index (χ0n) is 12.7. The van der Waals surface area contributed by atoms with Gasteiger partial charge in [0.1, 0.15) is 24.4 Å². The molecule has 0 aliphatic heterocycles. The summed E-state index contributed by atoms with van der Waals surface area (Å²) in [6.07, 6.45) is -9.13. The highest BCUT2D eigenvalue weighted by Gasteiger charge is 2.40. The molecule has 0 radical (unpaired) electrons. The Morgan fingerprint density at radius 1 is 0.880 bits per heavy atom. The van der Waals surface area contributed by atoms with E-state index in [1.165, 1.54) is 0 Å². The van der Waals surface area contributed by atoms with Crippen LogP contribution >= 0.6 is 0 Å². The molecule has 0 aromatic heterocycles. The lowest BCUT2D eigenvalue weighted by Crippen LogP contribution is -2.46. The van der Waals surface area contributed by atoms with Crippen molar-refractivity contribution < 1.29 is 65.1 Å². The van der Waals surface area contributed by atoms with Crippen LogP contribution in [0.5, 0.6) is 0 Å². The third-order valence-electron chi connectivity index (χ3n) is 2.71. The first-order valence-corrected chi connectivity index (χ1v) is 6.50. The van der Waals surface area contributed by atoms with Crippen molar-refractivity contribution in [2.24, 2.45) is 0 Å². The van der Waals surface area contributed by atoms with Gasteiger partial charge in [-0.3, -0.25) is 9.59 Å². The summed E-state index contributed by atoms with van der Waals surface area (Å²) in [6.45, 7) is -0.760. The molecule has 0 unspecified atom stereocenters. The predicted molar refractivity (Wildman–Crippen MR) is 74.3 cm³/mol. The van der Waals surface area contributed by atoms with Gasteiger partial charge in [-0.15, -0.1) is 0 Å². The van der Waals surface area contributed by atoms with E-state index in [4.69, 9.17) is 46.0 Å². The summed E-state index contributed by atoms with van der Waals surface area (Å²) in [6, 6.07) is 0. The highest BCUT2D eigenvalue weighted by molar-refractivity contribution is 5.88. The van der Waals surface area contributed by atoms with Gasteiger partial charge in [-0.25, -0.2) is 4.79 Å². The maximum atomic E-state index is 10.3. The van der Waals surface area contributed by atoms with Gasteiger partial charge in [0.25, 0.3) is 0 Å². The van der Waals surface area contributed by atoms with Crippen molar-refractivity contribution in [3.8, 4) is 0 Å². The second-order valence-electron chi connectivity index (χ2n) is 4.84. The van der Waals surface area contributed by atoms with Crippen molar-refractivity contribution in [2.45, 2.75) is 42.9 Å². The van der Waals surface area contributed by atoms with Crippen LogP contribution < -0.4 is 0 Å². The van der Waals surface area contributed by atoms with Crippen LogP contribution in [0, 0.1) is 0 Å². The van der Waals surface area contributed by atoms with E-state index in [0.29, 0.717) is 0 Å². The second-order valence-corrected chi connectivity index (χ2v) is 4.84. The van der Waals surface area contributed by atoms with Crippen LogP contribution in [0.25, 0.3) is 0 Å². The highest BCUT2D eigenvalue weighted by Crippen LogP contribution is 2.15. The first-order chi connectivity index (χ1) is 11.3. The summed E-state index contributed by atoms with van der Waals surface area (Å²) in [7, 11) is 0. The molecule has 0 saturated carbocycles. The van der Waals surface area contributed by atoms with Crippen molar-refractivity contribution in [1.29, 1.82) is 0 Å². The topological polar surface area (TPSA) is 250 Å². The second kappa shape index (κ2) is 11.4. The minimum Gasteiger partial charge on any atom is -0.481 e. The normalized spacial score (nSPS) is 15.8. The number of hydrogen-bond donors (Lipinski definition) is 9. The standard InChI is InChI=1S/C6H8O7.C6H12O6/c7-3(8)1-6(13,5(11)12)2-4(9)10;7-1-3(9)5(11)6(12)4(10)2-8/h13H,1-2H2,(H,7,8)(H,9,10)(H,11,12);1,3-6,8-12H,2H2/t;3-,4-,5-,6-/m.1/s1. The van der Waals surface area contributed by atoms with Gasteiger partial charge >= 0.3 is 17.9 Å². The van der Waals surface area contributed by atoms with Crippen molar-refractivity contribution in [3.63, 3.8) is 0 Å². The van der Waals surface area contributed by atoms with Gasteiger partial charge in [0.2, 0.25) is 0 Å². The van der Waals surface area contributed by atoms with Gasteiger partial charge in [-0.1, -0.05) is 0 Å². The van der Waals surface area contributed by atoms with E-state index in [9.17, 15) is 19.2 Å². The molecule has 0 aliphatic carbocycles. The molecule has 4 atom stereocenters. The van der Waals surface area contributed by atoms with Crippen molar-refractivity contribution in [3.05, 3.63) is 0 Å².